The molecule has 0 radical (unpaired) electrons. The second kappa shape index (κ2) is 16.8. The number of azo groups is 1. The third kappa shape index (κ3) is 9.40. The maximum Gasteiger partial charge on any atom is 0.408 e. The summed E-state index contributed by atoms with van der Waals surface area (Å²) in [7, 11) is 1.93. The van der Waals surface area contributed by atoms with E-state index in [4.69, 9.17) is 16.1 Å². The van der Waals surface area contributed by atoms with Crippen LogP contribution in [-0.4, -0.2) is 61.9 Å². The van der Waals surface area contributed by atoms with Gasteiger partial charge in [0.25, 0.3) is 0 Å². The van der Waals surface area contributed by atoms with Gasteiger partial charge in [0, 0.05) is 75.3 Å². The predicted molar refractivity (Wildman–Crippen MR) is 208 cm³/mol. The molecular weight excluding hydrogens is 653 g/mol. The highest BCUT2D eigenvalue weighted by Gasteiger charge is 2.24. The maximum atomic E-state index is 12.7. The van der Waals surface area contributed by atoms with Crippen LogP contribution in [0, 0.1) is 12.3 Å². The molecule has 0 aliphatic rings. The van der Waals surface area contributed by atoms with Crippen LogP contribution < -0.4 is 25.0 Å². The number of hydrogen-bond donors (Lipinski definition) is 2. The first kappa shape index (κ1) is 37.2. The Balaban J connectivity index is 1.27. The minimum absolute atomic E-state index is 0.0506. The third-order valence-electron chi connectivity index (χ3n) is 8.43. The smallest absolute Gasteiger partial charge is 0.408 e. The van der Waals surface area contributed by atoms with Gasteiger partial charge in [-0.25, -0.2) is 9.78 Å². The summed E-state index contributed by atoms with van der Waals surface area (Å²) in [5, 5.41) is 14.5. The zero-order chi connectivity index (χ0) is 37.3. The van der Waals surface area contributed by atoms with Crippen LogP contribution in [0.5, 0.6) is 0 Å². The molecule has 0 saturated heterocycles. The van der Waals surface area contributed by atoms with Gasteiger partial charge in [0.15, 0.2) is 0 Å². The van der Waals surface area contributed by atoms with Crippen molar-refractivity contribution in [3.05, 3.63) is 91.0 Å². The summed E-state index contributed by atoms with van der Waals surface area (Å²) >= 11 is 0. The first-order valence-electron chi connectivity index (χ1n) is 17.5. The number of terminal acetylenes is 1. The molecule has 0 aliphatic heterocycles. The molecule has 1 atom stereocenters. The van der Waals surface area contributed by atoms with Crippen molar-refractivity contribution in [2.45, 2.75) is 52.7 Å². The van der Waals surface area contributed by atoms with Crippen molar-refractivity contribution in [1.82, 2.24) is 15.6 Å². The van der Waals surface area contributed by atoms with Crippen molar-refractivity contribution in [1.29, 1.82) is 0 Å². The van der Waals surface area contributed by atoms with E-state index in [-0.39, 0.29) is 12.3 Å². The number of aromatic nitrogens is 2. The van der Waals surface area contributed by atoms with Crippen molar-refractivity contribution in [2.24, 2.45) is 10.2 Å². The fourth-order valence-electron chi connectivity index (χ4n) is 5.81. The van der Waals surface area contributed by atoms with Crippen LogP contribution in [0.15, 0.2) is 101 Å². The zero-order valence-electron chi connectivity index (χ0n) is 30.8. The fraction of sp³-hybridized carbons (Fsp3) is 0.317. The number of rotatable bonds is 13. The summed E-state index contributed by atoms with van der Waals surface area (Å²) in [6, 6.07) is 29.5. The highest BCUT2D eigenvalue weighted by Crippen LogP contribution is 2.27. The molecule has 1 heterocycles. The van der Waals surface area contributed by atoms with Gasteiger partial charge < -0.3 is 25.2 Å². The maximum absolute atomic E-state index is 12.7. The first-order chi connectivity index (χ1) is 25.0. The van der Waals surface area contributed by atoms with E-state index in [1.54, 1.807) is 20.8 Å². The third-order valence-corrected chi connectivity index (χ3v) is 8.43. The van der Waals surface area contributed by atoms with Crippen LogP contribution in [-0.2, 0) is 9.53 Å². The van der Waals surface area contributed by atoms with E-state index < -0.39 is 17.7 Å². The van der Waals surface area contributed by atoms with Gasteiger partial charge in [-0.3, -0.25) is 4.79 Å². The molecule has 11 heteroatoms. The van der Waals surface area contributed by atoms with Crippen LogP contribution in [0.2, 0.25) is 0 Å². The van der Waals surface area contributed by atoms with Gasteiger partial charge in [0.1, 0.15) is 22.7 Å². The molecule has 1 unspecified atom stereocenters. The van der Waals surface area contributed by atoms with Crippen LogP contribution >= 0.6 is 0 Å². The number of carbonyl (C=O) groups is 2. The minimum atomic E-state index is -0.886. The molecule has 0 saturated carbocycles. The van der Waals surface area contributed by atoms with Crippen molar-refractivity contribution >= 4 is 56.8 Å². The lowest BCUT2D eigenvalue weighted by molar-refractivity contribution is -0.538. The Kier molecular flexibility index (Phi) is 12.0. The molecule has 1 aromatic heterocycles. The number of fused-ring (bicyclic) bond motifs is 2. The quantitative estimate of drug-likeness (QED) is 0.0573. The fourth-order valence-corrected chi connectivity index (χ4v) is 5.81. The number of nitrogens with zero attached hydrogens (tertiary/aromatic N) is 6. The Labute approximate surface area is 305 Å². The Hall–Kier alpha value is -6.02. The van der Waals surface area contributed by atoms with Gasteiger partial charge in [0.2, 0.25) is 22.6 Å². The van der Waals surface area contributed by atoms with E-state index in [0.29, 0.717) is 24.5 Å². The lowest BCUT2D eigenvalue weighted by atomic mass is 10.2. The van der Waals surface area contributed by atoms with Crippen LogP contribution in [0.4, 0.5) is 27.5 Å². The van der Waals surface area contributed by atoms with Gasteiger partial charge in [-0.15, -0.1) is 16.9 Å². The molecule has 11 nitrogen and oxygen atoms in total. The SMILES string of the molecule is C#CCC(NC(=O)OC(C)(C)C)C(=O)NCCN(C)c1ccc(N=Nc2ccc3c(c2)nc2cc(N(CC)CC)ccc2[n+]3-c2ccccc2)cc1. The average molecular weight is 700 g/mol. The molecule has 5 rings (SSSR count). The monoisotopic (exact) mass is 699 g/mol. The molecule has 52 heavy (non-hydrogen) atoms. The number of ether oxygens (including phenoxy) is 1. The van der Waals surface area contributed by atoms with E-state index in [1.807, 2.05) is 72.6 Å². The Morgan fingerprint density at radius 3 is 2.15 bits per heavy atom. The summed E-state index contributed by atoms with van der Waals surface area (Å²) in [6.45, 7) is 12.3. The van der Waals surface area contributed by atoms with Gasteiger partial charge in [0.05, 0.1) is 11.4 Å². The Morgan fingerprint density at radius 2 is 1.50 bits per heavy atom. The molecule has 5 aromatic rings. The number of anilines is 2. The zero-order valence-corrected chi connectivity index (χ0v) is 30.8. The largest absolute Gasteiger partial charge is 0.444 e. The molecule has 0 spiro atoms. The van der Waals surface area contributed by atoms with Crippen molar-refractivity contribution in [3.8, 4) is 18.0 Å². The topological polar surface area (TPSA) is 115 Å². The van der Waals surface area contributed by atoms with Gasteiger partial charge in [-0.05, 0) is 83.1 Å². The summed E-state index contributed by atoms with van der Waals surface area (Å²) in [4.78, 5) is 34.3. The van der Waals surface area contributed by atoms with Crippen LogP contribution in [0.25, 0.3) is 27.8 Å². The number of likely N-dealkylation sites (N-methyl/N-ethyl adjacent to an activating group) is 1. The predicted octanol–water partition coefficient (Wildman–Crippen LogP) is 7.40. The number of benzene rings is 4. The molecule has 4 aromatic carbocycles. The highest BCUT2D eigenvalue weighted by molar-refractivity contribution is 5.87. The summed E-state index contributed by atoms with van der Waals surface area (Å²) < 4.78 is 7.50. The lowest BCUT2D eigenvalue weighted by Crippen LogP contribution is -2.49. The normalized spacial score (nSPS) is 12.0. The number of carbonyl (C=O) groups excluding carboxylic acids is 2. The second-order valence-electron chi connectivity index (χ2n) is 13.3. The van der Waals surface area contributed by atoms with Crippen LogP contribution in [0.3, 0.4) is 0 Å². The highest BCUT2D eigenvalue weighted by atomic mass is 16.6. The van der Waals surface area contributed by atoms with E-state index in [9.17, 15) is 9.59 Å². The van der Waals surface area contributed by atoms with E-state index in [0.717, 1.165) is 52.2 Å². The van der Waals surface area contributed by atoms with Gasteiger partial charge >= 0.3 is 6.09 Å². The van der Waals surface area contributed by atoms with Crippen molar-refractivity contribution in [3.63, 3.8) is 0 Å². The van der Waals surface area contributed by atoms with E-state index >= 15 is 0 Å². The van der Waals surface area contributed by atoms with Gasteiger partial charge in [-0.2, -0.15) is 10.2 Å². The summed E-state index contributed by atoms with van der Waals surface area (Å²) in [6.07, 6.45) is 4.79. The van der Waals surface area contributed by atoms with E-state index in [2.05, 4.69) is 80.4 Å². The Morgan fingerprint density at radius 1 is 0.885 bits per heavy atom. The molecule has 0 aliphatic carbocycles. The lowest BCUT2D eigenvalue weighted by Gasteiger charge is -2.23. The number of alkyl carbamates (subject to hydrolysis) is 1. The second-order valence-corrected chi connectivity index (χ2v) is 13.3. The molecule has 268 valence electrons. The molecule has 2 amide bonds. The number of para-hydroxylation sites is 1. The molecule has 0 fully saturated rings. The Bertz CT molecular complexity index is 2080. The van der Waals surface area contributed by atoms with Crippen molar-refractivity contribution < 1.29 is 18.9 Å². The van der Waals surface area contributed by atoms with Crippen molar-refractivity contribution in [2.75, 3.05) is 43.0 Å². The minimum Gasteiger partial charge on any atom is -0.444 e. The number of hydrogen-bond acceptors (Lipinski definition) is 8. The van der Waals surface area contributed by atoms with Gasteiger partial charge in [-0.1, -0.05) is 18.2 Å². The first-order valence-corrected chi connectivity index (χ1v) is 17.5. The van der Waals surface area contributed by atoms with Crippen LogP contribution in [0.1, 0.15) is 41.0 Å². The standard InChI is InChI=1S/C41H46N8O3/c1-8-14-34(44-40(51)52-41(4,5)6)39(50)42-25-26-47(7)31-20-17-29(18-21-31)45-46-30-19-23-37-35(27-30)43-36-28-33(48(9-2)10-3)22-24-38(36)49(37)32-15-12-11-13-16-32/h1,11-13,15-24,27-28,34H,9-10,14,25-26H2,2-7H3,(H-,42,44,50,51)/p+1. The number of amides is 2. The summed E-state index contributed by atoms with van der Waals surface area (Å²) in [5.74, 6) is 2.06. The number of nitrogens with one attached hydrogen (secondary N) is 2. The van der Waals surface area contributed by atoms with E-state index in [1.165, 1.54) is 0 Å². The molecule has 2 N–H and O–H groups in total. The average Bonchev–Trinajstić information content (AvgIpc) is 3.13. The summed E-state index contributed by atoms with van der Waals surface area (Å²) in [5.41, 5.74) is 7.57. The molecule has 0 bridgehead atoms. The molecular formula is C41H47N8O3+.